The lowest BCUT2D eigenvalue weighted by Gasteiger charge is -2.16. The minimum absolute atomic E-state index is 0.00279. The van der Waals surface area contributed by atoms with Gasteiger partial charge < -0.3 is 15.7 Å². The molecular formula is C11H15N3O2. The van der Waals surface area contributed by atoms with E-state index in [0.29, 0.717) is 6.54 Å². The van der Waals surface area contributed by atoms with Crippen LogP contribution in [0.5, 0.6) is 0 Å². The van der Waals surface area contributed by atoms with Gasteiger partial charge in [-0.1, -0.05) is 6.07 Å². The van der Waals surface area contributed by atoms with E-state index in [1.807, 2.05) is 17.0 Å². The number of nitrogens with two attached hydrogens (primary N) is 1. The second-order valence-corrected chi connectivity index (χ2v) is 4.02. The van der Waals surface area contributed by atoms with Crippen molar-refractivity contribution in [3.63, 3.8) is 0 Å². The molecule has 86 valence electrons. The van der Waals surface area contributed by atoms with Crippen LogP contribution in [-0.4, -0.2) is 29.1 Å². The van der Waals surface area contributed by atoms with Gasteiger partial charge >= 0.3 is 0 Å². The van der Waals surface area contributed by atoms with E-state index in [9.17, 15) is 4.79 Å². The average Bonchev–Trinajstić information content (AvgIpc) is 2.78. The number of rotatable bonds is 3. The van der Waals surface area contributed by atoms with Crippen molar-refractivity contribution in [2.75, 3.05) is 18.0 Å². The van der Waals surface area contributed by atoms with E-state index >= 15 is 0 Å². The van der Waals surface area contributed by atoms with E-state index < -0.39 is 0 Å². The Morgan fingerprint density at radius 3 is 2.94 bits per heavy atom. The zero-order valence-corrected chi connectivity index (χ0v) is 8.97. The predicted molar refractivity (Wildman–Crippen MR) is 59.7 cm³/mol. The lowest BCUT2D eigenvalue weighted by atomic mass is 10.1. The zero-order valence-electron chi connectivity index (χ0n) is 8.97. The third kappa shape index (κ3) is 2.14. The molecule has 1 aliphatic heterocycles. The monoisotopic (exact) mass is 221 g/mol. The second-order valence-electron chi connectivity index (χ2n) is 4.02. The highest BCUT2D eigenvalue weighted by Gasteiger charge is 2.27. The molecule has 1 aliphatic rings. The third-order valence-corrected chi connectivity index (χ3v) is 2.91. The van der Waals surface area contributed by atoms with Crippen molar-refractivity contribution in [3.05, 3.63) is 23.9 Å². The predicted octanol–water partition coefficient (Wildman–Crippen LogP) is -0.115. The van der Waals surface area contributed by atoms with Gasteiger partial charge in [0.15, 0.2) is 0 Å². The summed E-state index contributed by atoms with van der Waals surface area (Å²) in [6, 6.07) is 3.69. The summed E-state index contributed by atoms with van der Waals surface area (Å²) < 4.78 is 0. The largest absolute Gasteiger partial charge is 0.392 e. The fraction of sp³-hybridized carbons (Fsp3) is 0.455. The summed E-state index contributed by atoms with van der Waals surface area (Å²) in [5.74, 6) is 0.523. The number of pyridine rings is 1. The molecule has 0 aromatic carbocycles. The van der Waals surface area contributed by atoms with E-state index in [-0.39, 0.29) is 18.4 Å². The molecule has 5 nitrogen and oxygen atoms in total. The van der Waals surface area contributed by atoms with Crippen LogP contribution in [0.2, 0.25) is 0 Å². The summed E-state index contributed by atoms with van der Waals surface area (Å²) in [6.45, 7) is 1.44. The number of amides is 1. The third-order valence-electron chi connectivity index (χ3n) is 2.91. The first kappa shape index (κ1) is 10.9. The van der Waals surface area contributed by atoms with Crippen molar-refractivity contribution >= 4 is 11.7 Å². The van der Waals surface area contributed by atoms with Crippen molar-refractivity contribution in [2.45, 2.75) is 13.0 Å². The molecule has 2 rings (SSSR count). The van der Waals surface area contributed by atoms with Gasteiger partial charge in [-0.25, -0.2) is 4.98 Å². The van der Waals surface area contributed by atoms with Gasteiger partial charge in [0.25, 0.3) is 0 Å². The molecule has 3 N–H and O–H groups in total. The van der Waals surface area contributed by atoms with Gasteiger partial charge in [0, 0.05) is 19.3 Å². The van der Waals surface area contributed by atoms with Crippen LogP contribution in [-0.2, 0) is 11.4 Å². The first-order valence-electron chi connectivity index (χ1n) is 5.30. The second kappa shape index (κ2) is 4.49. The first-order valence-corrected chi connectivity index (χ1v) is 5.30. The minimum Gasteiger partial charge on any atom is -0.392 e. The highest BCUT2D eigenvalue weighted by molar-refractivity contribution is 5.78. The van der Waals surface area contributed by atoms with Crippen molar-refractivity contribution in [1.29, 1.82) is 0 Å². The Hall–Kier alpha value is -1.62. The highest BCUT2D eigenvalue weighted by atomic mass is 16.3. The Bertz CT molecular complexity index is 377. The smallest absolute Gasteiger partial charge is 0.222 e. The van der Waals surface area contributed by atoms with Crippen LogP contribution in [0.15, 0.2) is 18.3 Å². The number of primary amides is 1. The quantitative estimate of drug-likeness (QED) is 0.746. The number of aliphatic hydroxyl groups is 1. The van der Waals surface area contributed by atoms with Crippen LogP contribution in [0.3, 0.4) is 0 Å². The molecule has 0 aliphatic carbocycles. The van der Waals surface area contributed by atoms with Gasteiger partial charge in [-0.2, -0.15) is 0 Å². The first-order chi connectivity index (χ1) is 7.70. The number of hydrogen-bond acceptors (Lipinski definition) is 4. The van der Waals surface area contributed by atoms with E-state index in [1.165, 1.54) is 0 Å². The molecule has 0 spiro atoms. The Labute approximate surface area is 93.9 Å². The molecule has 0 saturated carbocycles. The average molecular weight is 221 g/mol. The van der Waals surface area contributed by atoms with Crippen LogP contribution in [0.4, 0.5) is 5.82 Å². The summed E-state index contributed by atoms with van der Waals surface area (Å²) in [7, 11) is 0. The number of nitrogens with zero attached hydrogens (tertiary/aromatic N) is 2. The molecule has 1 atom stereocenters. The number of carbonyl (C=O) groups excluding carboxylic acids is 1. The summed E-state index contributed by atoms with van der Waals surface area (Å²) in [5, 5.41) is 8.89. The van der Waals surface area contributed by atoms with Gasteiger partial charge in [0.2, 0.25) is 5.91 Å². The Morgan fingerprint density at radius 2 is 2.44 bits per heavy atom. The molecule has 1 saturated heterocycles. The molecule has 1 aromatic rings. The van der Waals surface area contributed by atoms with Crippen molar-refractivity contribution in [3.8, 4) is 0 Å². The molecule has 16 heavy (non-hydrogen) atoms. The molecular weight excluding hydrogens is 206 g/mol. The van der Waals surface area contributed by atoms with Crippen LogP contribution in [0, 0.1) is 5.92 Å². The van der Waals surface area contributed by atoms with Gasteiger partial charge in [0.1, 0.15) is 5.82 Å². The Balaban J connectivity index is 2.05. The number of aliphatic hydroxyl groups excluding tert-OH is 1. The molecule has 1 fully saturated rings. The molecule has 0 bridgehead atoms. The maximum atomic E-state index is 11.0. The molecule has 5 heteroatoms. The van der Waals surface area contributed by atoms with Gasteiger partial charge in [0.05, 0.1) is 12.5 Å². The van der Waals surface area contributed by atoms with E-state index in [1.54, 1.807) is 6.20 Å². The van der Waals surface area contributed by atoms with E-state index in [4.69, 9.17) is 10.8 Å². The van der Waals surface area contributed by atoms with Gasteiger partial charge in [-0.3, -0.25) is 4.79 Å². The maximum absolute atomic E-state index is 11.0. The van der Waals surface area contributed by atoms with Crippen LogP contribution >= 0.6 is 0 Å². The molecule has 0 radical (unpaired) electrons. The molecule has 1 aromatic heterocycles. The Morgan fingerprint density at radius 1 is 1.62 bits per heavy atom. The summed E-state index contributed by atoms with van der Waals surface area (Å²) in [5.41, 5.74) is 6.05. The van der Waals surface area contributed by atoms with E-state index in [2.05, 4.69) is 4.98 Å². The number of anilines is 1. The normalized spacial score (nSPS) is 20.1. The Kier molecular flexibility index (Phi) is 3.05. The lowest BCUT2D eigenvalue weighted by Crippen LogP contribution is -2.27. The molecule has 2 heterocycles. The van der Waals surface area contributed by atoms with E-state index in [0.717, 1.165) is 24.3 Å². The number of aromatic nitrogens is 1. The standard InChI is InChI=1S/C11H15N3O2/c12-11(16)9-3-4-14(6-9)10-2-1-8(7-15)5-13-10/h1-2,5,9,15H,3-4,6-7H2,(H2,12,16). The van der Waals surface area contributed by atoms with Gasteiger partial charge in [-0.15, -0.1) is 0 Å². The van der Waals surface area contributed by atoms with Gasteiger partial charge in [-0.05, 0) is 18.1 Å². The summed E-state index contributed by atoms with van der Waals surface area (Å²) in [4.78, 5) is 17.3. The van der Waals surface area contributed by atoms with Crippen LogP contribution in [0.25, 0.3) is 0 Å². The summed E-state index contributed by atoms with van der Waals surface area (Å²) in [6.07, 6.45) is 2.44. The highest BCUT2D eigenvalue weighted by Crippen LogP contribution is 2.21. The topological polar surface area (TPSA) is 79.5 Å². The number of carbonyl (C=O) groups is 1. The lowest BCUT2D eigenvalue weighted by molar-refractivity contribution is -0.121. The SMILES string of the molecule is NC(=O)C1CCN(c2ccc(CO)cn2)C1. The zero-order chi connectivity index (χ0) is 11.5. The summed E-state index contributed by atoms with van der Waals surface area (Å²) >= 11 is 0. The van der Waals surface area contributed by atoms with Crippen molar-refractivity contribution in [2.24, 2.45) is 11.7 Å². The fourth-order valence-electron chi connectivity index (χ4n) is 1.90. The molecule has 1 unspecified atom stereocenters. The van der Waals surface area contributed by atoms with Crippen molar-refractivity contribution in [1.82, 2.24) is 4.98 Å². The van der Waals surface area contributed by atoms with Crippen LogP contribution in [0.1, 0.15) is 12.0 Å². The fourth-order valence-corrected chi connectivity index (χ4v) is 1.90. The number of hydrogen-bond donors (Lipinski definition) is 2. The van der Waals surface area contributed by atoms with Crippen LogP contribution < -0.4 is 10.6 Å². The van der Waals surface area contributed by atoms with Crippen molar-refractivity contribution < 1.29 is 9.90 Å². The molecule has 1 amide bonds. The maximum Gasteiger partial charge on any atom is 0.222 e. The minimum atomic E-state index is -0.241.